The van der Waals surface area contributed by atoms with Crippen LogP contribution in [0.5, 0.6) is 0 Å². The van der Waals surface area contributed by atoms with E-state index in [0.717, 1.165) is 11.3 Å². The summed E-state index contributed by atoms with van der Waals surface area (Å²) in [4.78, 5) is 26.5. The Morgan fingerprint density at radius 2 is 1.91 bits per heavy atom. The second kappa shape index (κ2) is 9.72. The van der Waals surface area contributed by atoms with Crippen molar-refractivity contribution in [3.63, 3.8) is 0 Å². The van der Waals surface area contributed by atoms with E-state index in [1.165, 1.54) is 16.7 Å². The minimum atomic E-state index is -3.80. The molecule has 0 spiro atoms. The molecule has 3 aromatic rings. The number of morpholine rings is 1. The van der Waals surface area contributed by atoms with E-state index in [-0.39, 0.29) is 35.2 Å². The molecule has 32 heavy (non-hydrogen) atoms. The molecule has 2 heterocycles. The molecule has 0 atom stereocenters. The first-order valence-corrected chi connectivity index (χ1v) is 12.7. The first kappa shape index (κ1) is 22.9. The number of nitrogens with zero attached hydrogens (tertiary/aromatic N) is 2. The highest BCUT2D eigenvalue weighted by molar-refractivity contribution is 7.89. The van der Waals surface area contributed by atoms with E-state index >= 15 is 0 Å². The number of aryl methyl sites for hydroxylation is 1. The highest BCUT2D eigenvalue weighted by Crippen LogP contribution is 2.23. The average molecular weight is 496 g/mol. The molecular weight excluding hydrogens is 474 g/mol. The lowest BCUT2D eigenvalue weighted by molar-refractivity contribution is -0.135. The summed E-state index contributed by atoms with van der Waals surface area (Å²) < 4.78 is 35.4. The van der Waals surface area contributed by atoms with Crippen molar-refractivity contribution in [1.29, 1.82) is 0 Å². The van der Waals surface area contributed by atoms with Crippen LogP contribution in [0.15, 0.2) is 52.2 Å². The largest absolute Gasteiger partial charge is 0.378 e. The molecule has 1 saturated heterocycles. The molecule has 1 N–H and O–H groups in total. The van der Waals surface area contributed by atoms with Gasteiger partial charge in [-0.1, -0.05) is 41.1 Å². The lowest BCUT2D eigenvalue weighted by atomic mass is 10.2. The van der Waals surface area contributed by atoms with Gasteiger partial charge in [-0.15, -0.1) is 0 Å². The number of rotatable bonds is 7. The van der Waals surface area contributed by atoms with Gasteiger partial charge in [0.25, 0.3) is 0 Å². The highest BCUT2D eigenvalue weighted by Gasteiger charge is 2.19. The lowest BCUT2D eigenvalue weighted by Crippen LogP contribution is -2.41. The number of nitrogens with one attached hydrogen (secondary N) is 1. The van der Waals surface area contributed by atoms with Crippen LogP contribution >= 0.6 is 22.9 Å². The van der Waals surface area contributed by atoms with Crippen molar-refractivity contribution in [3.05, 3.63) is 62.7 Å². The predicted octanol–water partition coefficient (Wildman–Crippen LogP) is 2.44. The number of amides is 1. The SMILES string of the molecule is O=C(CCn1c(=O)sc2cc(S(=O)(=O)NCc3ccccc3Cl)ccc21)N1CCOCC1. The van der Waals surface area contributed by atoms with Gasteiger partial charge < -0.3 is 9.64 Å². The van der Waals surface area contributed by atoms with Crippen LogP contribution in [0.3, 0.4) is 0 Å². The number of carbonyl (C=O) groups is 1. The molecule has 1 aliphatic heterocycles. The quantitative estimate of drug-likeness (QED) is 0.543. The van der Waals surface area contributed by atoms with Crippen LogP contribution in [0.4, 0.5) is 0 Å². The molecule has 1 aliphatic rings. The van der Waals surface area contributed by atoms with Gasteiger partial charge in [0.1, 0.15) is 0 Å². The van der Waals surface area contributed by atoms with Crippen molar-refractivity contribution in [3.8, 4) is 0 Å². The van der Waals surface area contributed by atoms with E-state index in [0.29, 0.717) is 47.1 Å². The molecule has 170 valence electrons. The summed E-state index contributed by atoms with van der Waals surface area (Å²) in [6.07, 6.45) is 0.200. The van der Waals surface area contributed by atoms with Crippen LogP contribution in [-0.4, -0.2) is 50.1 Å². The molecule has 8 nitrogen and oxygen atoms in total. The Kier molecular flexibility index (Phi) is 6.96. The lowest BCUT2D eigenvalue weighted by Gasteiger charge is -2.26. The fraction of sp³-hybridized carbons (Fsp3) is 0.333. The van der Waals surface area contributed by atoms with E-state index in [1.807, 2.05) is 0 Å². The predicted molar refractivity (Wildman–Crippen MR) is 124 cm³/mol. The Morgan fingerprint density at radius 1 is 1.16 bits per heavy atom. The molecule has 1 amide bonds. The number of carbonyl (C=O) groups excluding carboxylic acids is 1. The van der Waals surface area contributed by atoms with Gasteiger partial charge in [0, 0.05) is 37.6 Å². The Balaban J connectivity index is 1.49. The van der Waals surface area contributed by atoms with Gasteiger partial charge in [-0.05, 0) is 29.8 Å². The monoisotopic (exact) mass is 495 g/mol. The zero-order valence-corrected chi connectivity index (χ0v) is 19.5. The van der Waals surface area contributed by atoms with Gasteiger partial charge in [-0.3, -0.25) is 14.2 Å². The van der Waals surface area contributed by atoms with Gasteiger partial charge in [0.2, 0.25) is 15.9 Å². The molecule has 1 aromatic heterocycles. The van der Waals surface area contributed by atoms with Gasteiger partial charge >= 0.3 is 4.87 Å². The van der Waals surface area contributed by atoms with Crippen LogP contribution in [0, 0.1) is 0 Å². The number of ether oxygens (including phenoxy) is 1. The smallest absolute Gasteiger partial charge is 0.308 e. The average Bonchev–Trinajstić information content (AvgIpc) is 3.11. The maximum Gasteiger partial charge on any atom is 0.308 e. The molecular formula is C21H22ClN3O5S2. The summed E-state index contributed by atoms with van der Waals surface area (Å²) in [5.74, 6) is -0.0254. The maximum absolute atomic E-state index is 12.7. The molecule has 4 rings (SSSR count). The molecule has 0 bridgehead atoms. The van der Waals surface area contributed by atoms with Crippen molar-refractivity contribution < 1.29 is 17.9 Å². The summed E-state index contributed by atoms with van der Waals surface area (Å²) >= 11 is 7.06. The van der Waals surface area contributed by atoms with Crippen LogP contribution in [-0.2, 0) is 32.6 Å². The van der Waals surface area contributed by atoms with E-state index in [1.54, 1.807) is 35.2 Å². The molecule has 11 heteroatoms. The topological polar surface area (TPSA) is 97.7 Å². The minimum Gasteiger partial charge on any atom is -0.378 e. The van der Waals surface area contributed by atoms with Gasteiger partial charge in [-0.2, -0.15) is 0 Å². The summed E-state index contributed by atoms with van der Waals surface area (Å²) in [6, 6.07) is 11.6. The number of aromatic nitrogens is 1. The first-order chi connectivity index (χ1) is 15.3. The van der Waals surface area contributed by atoms with Gasteiger partial charge in [0.15, 0.2) is 0 Å². The standard InChI is InChI=1S/C21H22ClN3O5S2/c22-17-4-2-1-3-15(17)14-23-32(28,29)16-5-6-18-19(13-16)31-21(27)25(18)8-7-20(26)24-9-11-30-12-10-24/h1-6,13,23H,7-12,14H2. The number of thiazole rings is 1. The number of hydrogen-bond donors (Lipinski definition) is 1. The number of sulfonamides is 1. The zero-order chi connectivity index (χ0) is 22.7. The Hall–Kier alpha value is -2.24. The number of halogens is 1. The zero-order valence-electron chi connectivity index (χ0n) is 17.1. The molecule has 0 aliphatic carbocycles. The van der Waals surface area contributed by atoms with Crippen molar-refractivity contribution in [1.82, 2.24) is 14.2 Å². The van der Waals surface area contributed by atoms with Gasteiger partial charge in [-0.25, -0.2) is 13.1 Å². The van der Waals surface area contributed by atoms with Crippen molar-refractivity contribution in [2.75, 3.05) is 26.3 Å². The summed E-state index contributed by atoms with van der Waals surface area (Å²) in [7, 11) is -3.80. The summed E-state index contributed by atoms with van der Waals surface area (Å²) in [5, 5.41) is 0.479. The second-order valence-electron chi connectivity index (χ2n) is 7.31. The van der Waals surface area contributed by atoms with Crippen LogP contribution in [0.1, 0.15) is 12.0 Å². The Bertz CT molecular complexity index is 1300. The van der Waals surface area contributed by atoms with Crippen LogP contribution < -0.4 is 9.60 Å². The van der Waals surface area contributed by atoms with E-state index in [4.69, 9.17) is 16.3 Å². The molecule has 2 aromatic carbocycles. The third-order valence-electron chi connectivity index (χ3n) is 5.27. The molecule has 1 fully saturated rings. The third kappa shape index (κ3) is 5.05. The first-order valence-electron chi connectivity index (χ1n) is 10.1. The van der Waals surface area contributed by atoms with E-state index in [9.17, 15) is 18.0 Å². The maximum atomic E-state index is 12.7. The fourth-order valence-corrected chi connectivity index (χ4v) is 5.77. The van der Waals surface area contributed by atoms with Crippen molar-refractivity contribution in [2.45, 2.75) is 24.4 Å². The number of benzene rings is 2. The third-order valence-corrected chi connectivity index (χ3v) is 7.98. The van der Waals surface area contributed by atoms with Crippen LogP contribution in [0.2, 0.25) is 5.02 Å². The Labute approximate surface area is 194 Å². The van der Waals surface area contributed by atoms with Crippen LogP contribution in [0.25, 0.3) is 10.2 Å². The van der Waals surface area contributed by atoms with Crippen molar-refractivity contribution >= 4 is 49.1 Å². The van der Waals surface area contributed by atoms with Crippen molar-refractivity contribution in [2.24, 2.45) is 0 Å². The summed E-state index contributed by atoms with van der Waals surface area (Å²) in [6.45, 7) is 2.46. The Morgan fingerprint density at radius 3 is 2.66 bits per heavy atom. The molecule has 0 unspecified atom stereocenters. The van der Waals surface area contributed by atoms with E-state index < -0.39 is 10.0 Å². The minimum absolute atomic E-state index is 0.0254. The molecule has 0 radical (unpaired) electrons. The number of fused-ring (bicyclic) bond motifs is 1. The van der Waals surface area contributed by atoms with E-state index in [2.05, 4.69) is 4.72 Å². The fourth-order valence-electron chi connectivity index (χ4n) is 3.50. The summed E-state index contributed by atoms with van der Waals surface area (Å²) in [5.41, 5.74) is 1.28. The molecule has 0 saturated carbocycles. The highest BCUT2D eigenvalue weighted by atomic mass is 35.5. The second-order valence-corrected chi connectivity index (χ2v) is 10.5. The van der Waals surface area contributed by atoms with Gasteiger partial charge in [0.05, 0.1) is 28.3 Å². The number of hydrogen-bond acceptors (Lipinski definition) is 6. The normalized spacial score (nSPS) is 14.7.